The second-order valence-corrected chi connectivity index (χ2v) is 6.29. The Morgan fingerprint density at radius 1 is 1.27 bits per heavy atom. The summed E-state index contributed by atoms with van der Waals surface area (Å²) in [6.45, 7) is 4.00. The fourth-order valence-electron chi connectivity index (χ4n) is 3.30. The molecule has 2 fully saturated rings. The second kappa shape index (κ2) is 5.23. The standard InChI is InChI=1S/C15H19N3O4/c1-7-8(2)16-17-13(19)12(7)14(20)18-5-10(9-3-4-9)11(6-18)15(21)22/h9-11H,3-6H2,1-2H3,(H,17,19)(H,21,22)/t10-,11+/m1/s1. The Kier molecular flexibility index (Phi) is 3.50. The molecule has 3 rings (SSSR count). The third-order valence-corrected chi connectivity index (χ3v) is 4.88. The molecule has 0 radical (unpaired) electrons. The molecular weight excluding hydrogens is 286 g/mol. The van der Waals surface area contributed by atoms with Crippen LogP contribution in [0.4, 0.5) is 0 Å². The monoisotopic (exact) mass is 305 g/mol. The van der Waals surface area contributed by atoms with E-state index in [0.29, 0.717) is 23.7 Å². The predicted octanol–water partition coefficient (Wildman–Crippen LogP) is 0.570. The first-order valence-electron chi connectivity index (χ1n) is 7.48. The van der Waals surface area contributed by atoms with E-state index in [-0.39, 0.29) is 18.0 Å². The summed E-state index contributed by atoms with van der Waals surface area (Å²) < 4.78 is 0. The molecule has 22 heavy (non-hydrogen) atoms. The Balaban J connectivity index is 1.89. The van der Waals surface area contributed by atoms with Crippen LogP contribution < -0.4 is 5.56 Å². The Bertz CT molecular complexity index is 693. The van der Waals surface area contributed by atoms with Crippen molar-refractivity contribution in [2.24, 2.45) is 17.8 Å². The zero-order valence-electron chi connectivity index (χ0n) is 12.6. The summed E-state index contributed by atoms with van der Waals surface area (Å²) in [5.41, 5.74) is 0.703. The highest BCUT2D eigenvalue weighted by Crippen LogP contribution is 2.44. The van der Waals surface area contributed by atoms with E-state index < -0.39 is 23.4 Å². The summed E-state index contributed by atoms with van der Waals surface area (Å²) in [4.78, 5) is 37.6. The maximum Gasteiger partial charge on any atom is 0.308 e. The number of aryl methyl sites for hydroxylation is 1. The van der Waals surface area contributed by atoms with Gasteiger partial charge in [0.2, 0.25) is 0 Å². The van der Waals surface area contributed by atoms with Crippen LogP contribution in [0.2, 0.25) is 0 Å². The number of nitrogens with zero attached hydrogens (tertiary/aromatic N) is 2. The van der Waals surface area contributed by atoms with E-state index in [2.05, 4.69) is 10.2 Å². The molecule has 1 amide bonds. The molecule has 1 aliphatic carbocycles. The number of carboxylic acids is 1. The topological polar surface area (TPSA) is 103 Å². The average molecular weight is 305 g/mol. The smallest absolute Gasteiger partial charge is 0.308 e. The summed E-state index contributed by atoms with van der Waals surface area (Å²) in [6, 6.07) is 0. The first kappa shape index (κ1) is 14.7. The van der Waals surface area contributed by atoms with E-state index in [1.807, 2.05) is 0 Å². The minimum Gasteiger partial charge on any atom is -0.481 e. The lowest BCUT2D eigenvalue weighted by Crippen LogP contribution is -2.35. The van der Waals surface area contributed by atoms with Gasteiger partial charge in [0.15, 0.2) is 0 Å². The number of hydrogen-bond donors (Lipinski definition) is 2. The van der Waals surface area contributed by atoms with Crippen LogP contribution in [0.1, 0.15) is 34.5 Å². The number of carbonyl (C=O) groups is 2. The highest BCUT2D eigenvalue weighted by molar-refractivity contribution is 5.96. The van der Waals surface area contributed by atoms with Gasteiger partial charge >= 0.3 is 5.97 Å². The maximum atomic E-state index is 12.7. The number of aliphatic carboxylic acids is 1. The van der Waals surface area contributed by atoms with Gasteiger partial charge in [0, 0.05) is 13.1 Å². The highest BCUT2D eigenvalue weighted by atomic mass is 16.4. The van der Waals surface area contributed by atoms with E-state index in [9.17, 15) is 19.5 Å². The quantitative estimate of drug-likeness (QED) is 0.849. The lowest BCUT2D eigenvalue weighted by atomic mass is 9.92. The molecule has 2 atom stereocenters. The number of aromatic nitrogens is 2. The molecule has 0 unspecified atom stereocenters. The molecule has 7 heteroatoms. The van der Waals surface area contributed by atoms with Crippen molar-refractivity contribution >= 4 is 11.9 Å². The summed E-state index contributed by atoms with van der Waals surface area (Å²) in [6.07, 6.45) is 2.06. The Morgan fingerprint density at radius 2 is 1.95 bits per heavy atom. The van der Waals surface area contributed by atoms with Crippen molar-refractivity contribution in [2.75, 3.05) is 13.1 Å². The molecule has 2 heterocycles. The largest absolute Gasteiger partial charge is 0.481 e. The van der Waals surface area contributed by atoms with E-state index in [4.69, 9.17) is 0 Å². The van der Waals surface area contributed by atoms with E-state index in [0.717, 1.165) is 12.8 Å². The SMILES string of the molecule is Cc1n[nH]c(=O)c(C(=O)N2C[C@H](C(=O)O)[C@@H](C3CC3)C2)c1C. The van der Waals surface area contributed by atoms with Crippen LogP contribution in [0, 0.1) is 31.6 Å². The van der Waals surface area contributed by atoms with E-state index in [1.165, 1.54) is 4.90 Å². The summed E-state index contributed by atoms with van der Waals surface area (Å²) >= 11 is 0. The lowest BCUT2D eigenvalue weighted by molar-refractivity contribution is -0.142. The van der Waals surface area contributed by atoms with E-state index >= 15 is 0 Å². The molecule has 1 saturated carbocycles. The van der Waals surface area contributed by atoms with E-state index in [1.54, 1.807) is 13.8 Å². The number of rotatable bonds is 3. The van der Waals surface area contributed by atoms with Crippen molar-refractivity contribution in [2.45, 2.75) is 26.7 Å². The molecule has 0 spiro atoms. The Hall–Kier alpha value is -2.18. The molecule has 0 aromatic carbocycles. The van der Waals surface area contributed by atoms with Crippen LogP contribution >= 0.6 is 0 Å². The molecule has 1 aromatic heterocycles. The number of carbonyl (C=O) groups excluding carboxylic acids is 1. The number of likely N-dealkylation sites (tertiary alicyclic amines) is 1. The third-order valence-electron chi connectivity index (χ3n) is 4.88. The van der Waals surface area contributed by atoms with Gasteiger partial charge < -0.3 is 10.0 Å². The Labute approximate surface area is 127 Å². The van der Waals surface area contributed by atoms with Gasteiger partial charge in [0.25, 0.3) is 11.5 Å². The average Bonchev–Trinajstić information content (AvgIpc) is 3.21. The normalized spacial score (nSPS) is 24.5. The molecule has 2 aliphatic rings. The van der Waals surface area contributed by atoms with Gasteiger partial charge in [-0.05, 0) is 44.1 Å². The van der Waals surface area contributed by atoms with Crippen molar-refractivity contribution in [1.82, 2.24) is 15.1 Å². The molecule has 1 aliphatic heterocycles. The van der Waals surface area contributed by atoms with Crippen LogP contribution in [0.3, 0.4) is 0 Å². The minimum atomic E-state index is -0.858. The molecule has 1 saturated heterocycles. The van der Waals surface area contributed by atoms with Gasteiger partial charge in [-0.2, -0.15) is 5.10 Å². The van der Waals surface area contributed by atoms with Crippen LogP contribution in [0.5, 0.6) is 0 Å². The molecule has 0 bridgehead atoms. The zero-order valence-corrected chi connectivity index (χ0v) is 12.6. The Morgan fingerprint density at radius 3 is 2.55 bits per heavy atom. The number of hydrogen-bond acceptors (Lipinski definition) is 4. The maximum absolute atomic E-state index is 12.7. The number of amides is 1. The molecule has 7 nitrogen and oxygen atoms in total. The number of nitrogens with one attached hydrogen (secondary N) is 1. The van der Waals surface area contributed by atoms with Crippen molar-refractivity contribution in [3.8, 4) is 0 Å². The molecule has 2 N–H and O–H groups in total. The highest BCUT2D eigenvalue weighted by Gasteiger charge is 2.47. The van der Waals surface area contributed by atoms with Crippen molar-refractivity contribution in [3.05, 3.63) is 27.2 Å². The minimum absolute atomic E-state index is 0.00349. The van der Waals surface area contributed by atoms with Crippen LogP contribution in [-0.2, 0) is 4.79 Å². The van der Waals surface area contributed by atoms with Crippen LogP contribution in [0.25, 0.3) is 0 Å². The second-order valence-electron chi connectivity index (χ2n) is 6.29. The number of carboxylic acid groups (broad SMARTS) is 1. The summed E-state index contributed by atoms with van der Waals surface area (Å²) in [7, 11) is 0. The zero-order chi connectivity index (χ0) is 16.0. The van der Waals surface area contributed by atoms with Gasteiger partial charge in [-0.3, -0.25) is 14.4 Å². The molecule has 1 aromatic rings. The molecular formula is C15H19N3O4. The van der Waals surface area contributed by atoms with Gasteiger partial charge in [0.1, 0.15) is 5.56 Å². The van der Waals surface area contributed by atoms with Crippen LogP contribution in [-0.4, -0.2) is 45.2 Å². The number of aromatic amines is 1. The third kappa shape index (κ3) is 2.40. The lowest BCUT2D eigenvalue weighted by Gasteiger charge is -2.17. The summed E-state index contributed by atoms with van der Waals surface area (Å²) in [5, 5.41) is 15.5. The summed E-state index contributed by atoms with van der Waals surface area (Å²) in [5.74, 6) is -1.37. The van der Waals surface area contributed by atoms with Crippen molar-refractivity contribution in [1.29, 1.82) is 0 Å². The van der Waals surface area contributed by atoms with Gasteiger partial charge in [0.05, 0.1) is 11.6 Å². The first-order valence-corrected chi connectivity index (χ1v) is 7.48. The van der Waals surface area contributed by atoms with Crippen molar-refractivity contribution in [3.63, 3.8) is 0 Å². The first-order chi connectivity index (χ1) is 10.4. The van der Waals surface area contributed by atoms with Crippen molar-refractivity contribution < 1.29 is 14.7 Å². The fraction of sp³-hybridized carbons (Fsp3) is 0.600. The predicted molar refractivity (Wildman–Crippen MR) is 77.6 cm³/mol. The van der Waals surface area contributed by atoms with Gasteiger partial charge in [-0.15, -0.1) is 0 Å². The number of H-pyrrole nitrogens is 1. The van der Waals surface area contributed by atoms with Gasteiger partial charge in [-0.1, -0.05) is 0 Å². The van der Waals surface area contributed by atoms with Crippen LogP contribution in [0.15, 0.2) is 4.79 Å². The molecule has 118 valence electrons. The van der Waals surface area contributed by atoms with Gasteiger partial charge in [-0.25, -0.2) is 5.10 Å². The fourth-order valence-corrected chi connectivity index (χ4v) is 3.30.